The van der Waals surface area contributed by atoms with Crippen LogP contribution in [0.2, 0.25) is 0 Å². The van der Waals surface area contributed by atoms with Crippen LogP contribution in [0.5, 0.6) is 0 Å². The van der Waals surface area contributed by atoms with E-state index in [4.69, 9.17) is 10.2 Å². The second-order valence-electron chi connectivity index (χ2n) is 1.85. The zero-order chi connectivity index (χ0) is 7.68. The van der Waals surface area contributed by atoms with Gasteiger partial charge in [0.2, 0.25) is 0 Å². The van der Waals surface area contributed by atoms with Gasteiger partial charge in [-0.1, -0.05) is 4.49 Å². The van der Waals surface area contributed by atoms with Crippen LogP contribution in [0.4, 0.5) is 6.01 Å². The highest BCUT2D eigenvalue weighted by molar-refractivity contribution is 7.03. The summed E-state index contributed by atoms with van der Waals surface area (Å²) in [7, 11) is 0. The molecule has 0 amide bonds. The zero-order valence-electron chi connectivity index (χ0n) is 5.39. The van der Waals surface area contributed by atoms with Crippen molar-refractivity contribution in [1.29, 1.82) is 0 Å². The number of hydrogen-bond donors (Lipinski definition) is 1. The second kappa shape index (κ2) is 2.31. The molecule has 0 unspecified atom stereocenters. The predicted octanol–water partition coefficient (Wildman–Crippen LogP) is 0.775. The number of hydrogen-bond acceptors (Lipinski definition) is 6. The lowest BCUT2D eigenvalue weighted by molar-refractivity contribution is 0.592. The van der Waals surface area contributed by atoms with Crippen LogP contribution in [0.3, 0.4) is 0 Å². The van der Waals surface area contributed by atoms with Crippen LogP contribution in [-0.2, 0) is 0 Å². The van der Waals surface area contributed by atoms with Gasteiger partial charge in [-0.2, -0.15) is 0 Å². The molecule has 6 heteroatoms. The molecule has 0 aromatic carbocycles. The molecule has 0 saturated carbocycles. The van der Waals surface area contributed by atoms with Gasteiger partial charge in [0, 0.05) is 5.38 Å². The summed E-state index contributed by atoms with van der Waals surface area (Å²) >= 11 is 1.25. The first-order valence-corrected chi connectivity index (χ1v) is 3.68. The van der Waals surface area contributed by atoms with Crippen LogP contribution in [0.1, 0.15) is 0 Å². The SMILES string of the molecule is Nc1ncc(-c2csnn2)o1. The van der Waals surface area contributed by atoms with Gasteiger partial charge in [0.15, 0.2) is 5.76 Å². The van der Waals surface area contributed by atoms with E-state index in [2.05, 4.69) is 14.6 Å². The lowest BCUT2D eigenvalue weighted by atomic mass is 10.4. The third-order valence-corrected chi connectivity index (χ3v) is 1.64. The second-order valence-corrected chi connectivity index (χ2v) is 2.46. The van der Waals surface area contributed by atoms with Crippen molar-refractivity contribution in [3.05, 3.63) is 11.6 Å². The molecule has 2 rings (SSSR count). The fourth-order valence-electron chi connectivity index (χ4n) is 0.678. The lowest BCUT2D eigenvalue weighted by Crippen LogP contribution is -1.80. The van der Waals surface area contributed by atoms with Gasteiger partial charge < -0.3 is 10.2 Å². The maximum atomic E-state index is 5.26. The highest BCUT2D eigenvalue weighted by atomic mass is 32.1. The van der Waals surface area contributed by atoms with Gasteiger partial charge in [-0.15, -0.1) is 5.10 Å². The molecule has 0 saturated heterocycles. The first-order chi connectivity index (χ1) is 5.36. The minimum atomic E-state index is 0.146. The van der Waals surface area contributed by atoms with Crippen LogP contribution < -0.4 is 5.73 Å². The molecule has 0 bridgehead atoms. The topological polar surface area (TPSA) is 77.8 Å². The van der Waals surface area contributed by atoms with Crippen molar-refractivity contribution in [2.45, 2.75) is 0 Å². The quantitative estimate of drug-likeness (QED) is 0.680. The van der Waals surface area contributed by atoms with Gasteiger partial charge in [-0.05, 0) is 11.5 Å². The smallest absolute Gasteiger partial charge is 0.292 e. The molecular weight excluding hydrogens is 164 g/mol. The summed E-state index contributed by atoms with van der Waals surface area (Å²) in [5.41, 5.74) is 5.93. The molecule has 2 N–H and O–H groups in total. The van der Waals surface area contributed by atoms with E-state index in [0.717, 1.165) is 0 Å². The Balaban J connectivity index is 2.45. The highest BCUT2D eigenvalue weighted by Gasteiger charge is 2.05. The zero-order valence-corrected chi connectivity index (χ0v) is 6.21. The van der Waals surface area contributed by atoms with E-state index in [1.165, 1.54) is 17.7 Å². The summed E-state index contributed by atoms with van der Waals surface area (Å²) in [6.07, 6.45) is 1.52. The molecule has 0 atom stereocenters. The van der Waals surface area contributed by atoms with Crippen LogP contribution in [-0.4, -0.2) is 14.6 Å². The van der Waals surface area contributed by atoms with Gasteiger partial charge in [0.05, 0.1) is 6.20 Å². The number of nitrogens with two attached hydrogens (primary N) is 1. The van der Waals surface area contributed by atoms with Crippen molar-refractivity contribution >= 4 is 17.5 Å². The lowest BCUT2D eigenvalue weighted by Gasteiger charge is -1.82. The molecule has 0 spiro atoms. The number of aromatic nitrogens is 3. The van der Waals surface area contributed by atoms with E-state index in [9.17, 15) is 0 Å². The Hall–Kier alpha value is -1.43. The highest BCUT2D eigenvalue weighted by Crippen LogP contribution is 2.18. The molecular formula is C5H4N4OS. The van der Waals surface area contributed by atoms with E-state index in [0.29, 0.717) is 11.5 Å². The Kier molecular flexibility index (Phi) is 1.32. The molecule has 0 aliphatic heterocycles. The average molecular weight is 168 g/mol. The number of nitrogen functional groups attached to an aromatic ring is 1. The number of anilines is 1. The molecule has 2 heterocycles. The number of nitrogens with zero attached hydrogens (tertiary/aromatic N) is 3. The number of rotatable bonds is 1. The van der Waals surface area contributed by atoms with E-state index in [1.54, 1.807) is 5.38 Å². The van der Waals surface area contributed by atoms with Gasteiger partial charge in [0.25, 0.3) is 6.01 Å². The Morgan fingerprint density at radius 3 is 3.00 bits per heavy atom. The molecule has 0 aliphatic carbocycles. The third-order valence-electron chi connectivity index (χ3n) is 1.14. The maximum absolute atomic E-state index is 5.26. The molecule has 2 aromatic heterocycles. The number of oxazole rings is 1. The Morgan fingerprint density at radius 2 is 2.45 bits per heavy atom. The summed E-state index contributed by atoms with van der Waals surface area (Å²) in [5, 5.41) is 5.54. The predicted molar refractivity (Wildman–Crippen MR) is 39.8 cm³/mol. The standard InChI is InChI=1S/C5H4N4OS/c6-5-7-1-4(10-5)3-2-11-9-8-3/h1-2H,(H2,6,7). The molecule has 0 radical (unpaired) electrons. The fourth-order valence-corrected chi connectivity index (χ4v) is 1.12. The Labute approximate surface area is 66.0 Å². The fraction of sp³-hybridized carbons (Fsp3) is 0. The van der Waals surface area contributed by atoms with E-state index in [1.807, 2.05) is 0 Å². The van der Waals surface area contributed by atoms with Crippen molar-refractivity contribution in [2.75, 3.05) is 5.73 Å². The largest absolute Gasteiger partial charge is 0.422 e. The Morgan fingerprint density at radius 1 is 1.55 bits per heavy atom. The minimum absolute atomic E-state index is 0.146. The van der Waals surface area contributed by atoms with Crippen molar-refractivity contribution in [1.82, 2.24) is 14.6 Å². The molecule has 5 nitrogen and oxygen atoms in total. The van der Waals surface area contributed by atoms with Crippen LogP contribution in [0, 0.1) is 0 Å². The normalized spacial score (nSPS) is 10.2. The first-order valence-electron chi connectivity index (χ1n) is 2.85. The van der Waals surface area contributed by atoms with Crippen LogP contribution in [0.15, 0.2) is 16.0 Å². The average Bonchev–Trinajstić information content (AvgIpc) is 2.55. The van der Waals surface area contributed by atoms with Crippen molar-refractivity contribution < 1.29 is 4.42 Å². The van der Waals surface area contributed by atoms with Crippen molar-refractivity contribution in [3.63, 3.8) is 0 Å². The summed E-state index contributed by atoms with van der Waals surface area (Å²) < 4.78 is 8.67. The molecule has 0 aliphatic rings. The summed E-state index contributed by atoms with van der Waals surface area (Å²) in [4.78, 5) is 3.72. The Bertz CT molecular complexity index is 341. The van der Waals surface area contributed by atoms with Gasteiger partial charge >= 0.3 is 0 Å². The molecule has 11 heavy (non-hydrogen) atoms. The van der Waals surface area contributed by atoms with E-state index < -0.39 is 0 Å². The minimum Gasteiger partial charge on any atom is -0.422 e. The van der Waals surface area contributed by atoms with Gasteiger partial charge in [-0.3, -0.25) is 0 Å². The summed E-state index contributed by atoms with van der Waals surface area (Å²) in [5.74, 6) is 0.552. The summed E-state index contributed by atoms with van der Waals surface area (Å²) in [6.45, 7) is 0. The maximum Gasteiger partial charge on any atom is 0.292 e. The third kappa shape index (κ3) is 1.07. The van der Waals surface area contributed by atoms with Crippen molar-refractivity contribution in [2.24, 2.45) is 0 Å². The first kappa shape index (κ1) is 6.29. The molecule has 56 valence electrons. The van der Waals surface area contributed by atoms with Crippen LogP contribution >= 0.6 is 11.5 Å². The van der Waals surface area contributed by atoms with Gasteiger partial charge in [-0.25, -0.2) is 4.98 Å². The molecule has 2 aromatic rings. The van der Waals surface area contributed by atoms with Crippen molar-refractivity contribution in [3.8, 4) is 11.5 Å². The van der Waals surface area contributed by atoms with E-state index >= 15 is 0 Å². The van der Waals surface area contributed by atoms with Crippen LogP contribution in [0.25, 0.3) is 11.5 Å². The molecule has 0 fully saturated rings. The van der Waals surface area contributed by atoms with E-state index in [-0.39, 0.29) is 6.01 Å². The summed E-state index contributed by atoms with van der Waals surface area (Å²) in [6, 6.07) is 0.146. The monoisotopic (exact) mass is 168 g/mol. The van der Waals surface area contributed by atoms with Gasteiger partial charge in [0.1, 0.15) is 5.69 Å².